The molecule has 7 rings (SSSR count). The van der Waals surface area contributed by atoms with Gasteiger partial charge in [0, 0.05) is 32.9 Å². The molecule has 4 heterocycles. The van der Waals surface area contributed by atoms with Crippen LogP contribution in [0.5, 0.6) is 0 Å². The monoisotopic (exact) mass is 485 g/mol. The zero-order chi connectivity index (χ0) is 25.8. The summed E-state index contributed by atoms with van der Waals surface area (Å²) in [6, 6.07) is 29.8. The predicted molar refractivity (Wildman–Crippen MR) is 146 cm³/mol. The molecule has 0 fully saturated rings. The molecule has 0 aliphatic carbocycles. The van der Waals surface area contributed by atoms with E-state index in [0.717, 1.165) is 55.0 Å². The maximum atomic E-state index is 10.0. The van der Waals surface area contributed by atoms with E-state index in [9.17, 15) is 10.5 Å². The fourth-order valence-electron chi connectivity index (χ4n) is 5.32. The number of pyridine rings is 2. The van der Waals surface area contributed by atoms with Crippen LogP contribution < -0.4 is 0 Å². The van der Waals surface area contributed by atoms with Gasteiger partial charge in [-0.1, -0.05) is 43.0 Å². The number of benzene rings is 3. The Labute approximate surface area is 216 Å². The van der Waals surface area contributed by atoms with Crippen LogP contribution in [0.1, 0.15) is 11.3 Å². The minimum Gasteiger partial charge on any atom is -0.361 e. The van der Waals surface area contributed by atoms with Crippen molar-refractivity contribution in [1.82, 2.24) is 19.1 Å². The SMILES string of the molecule is [C-]#[N+]c1cc2c3ccccc3n(-c3cc(C#N)cc(-n4c5ccccc5c5cc(C#N)ncc54)c3)c2cn1. The highest BCUT2D eigenvalue weighted by molar-refractivity contribution is 6.11. The molecule has 0 saturated carbocycles. The molecule has 0 amide bonds. The van der Waals surface area contributed by atoms with Crippen molar-refractivity contribution in [2.24, 2.45) is 0 Å². The van der Waals surface area contributed by atoms with Crippen LogP contribution in [0.4, 0.5) is 5.82 Å². The summed E-state index contributed by atoms with van der Waals surface area (Å²) in [5.74, 6) is 0.335. The Morgan fingerprint density at radius 3 is 1.79 bits per heavy atom. The summed E-state index contributed by atoms with van der Waals surface area (Å²) in [7, 11) is 0. The number of nitriles is 2. The molecular weight excluding hydrogens is 470 g/mol. The number of hydrogen-bond acceptors (Lipinski definition) is 4. The summed E-state index contributed by atoms with van der Waals surface area (Å²) in [6.07, 6.45) is 3.43. The molecule has 0 N–H and O–H groups in total. The Hall–Kier alpha value is -5.97. The lowest BCUT2D eigenvalue weighted by Crippen LogP contribution is -2.00. The van der Waals surface area contributed by atoms with Gasteiger partial charge in [-0.3, -0.25) is 0 Å². The first-order chi connectivity index (χ1) is 18.7. The quantitative estimate of drug-likeness (QED) is 0.248. The lowest BCUT2D eigenvalue weighted by atomic mass is 10.1. The van der Waals surface area contributed by atoms with Crippen molar-refractivity contribution in [1.29, 1.82) is 10.5 Å². The average molecular weight is 486 g/mol. The second-order valence-corrected chi connectivity index (χ2v) is 8.92. The zero-order valence-electron chi connectivity index (χ0n) is 19.8. The van der Waals surface area contributed by atoms with Crippen molar-refractivity contribution in [3.05, 3.63) is 114 Å². The number of nitrogens with zero attached hydrogens (tertiary/aromatic N) is 7. The fourth-order valence-corrected chi connectivity index (χ4v) is 5.32. The maximum absolute atomic E-state index is 10.0. The summed E-state index contributed by atoms with van der Waals surface area (Å²) in [4.78, 5) is 12.2. The van der Waals surface area contributed by atoms with Gasteiger partial charge in [0.1, 0.15) is 18.0 Å². The van der Waals surface area contributed by atoms with Crippen LogP contribution in [0.2, 0.25) is 0 Å². The highest BCUT2D eigenvalue weighted by atomic mass is 15.0. The van der Waals surface area contributed by atoms with Crippen molar-refractivity contribution < 1.29 is 0 Å². The summed E-state index contributed by atoms with van der Waals surface area (Å²) < 4.78 is 4.15. The maximum Gasteiger partial charge on any atom is 0.270 e. The first kappa shape index (κ1) is 21.3. The molecule has 7 aromatic rings. The highest BCUT2D eigenvalue weighted by Gasteiger charge is 2.18. The number of rotatable bonds is 2. The van der Waals surface area contributed by atoms with Gasteiger partial charge in [-0.2, -0.15) is 10.5 Å². The third-order valence-corrected chi connectivity index (χ3v) is 6.88. The molecule has 174 valence electrons. The first-order valence-corrected chi connectivity index (χ1v) is 11.8. The summed E-state index contributed by atoms with van der Waals surface area (Å²) in [6.45, 7) is 7.41. The predicted octanol–water partition coefficient (Wildman–Crippen LogP) is 6.96. The Kier molecular flexibility index (Phi) is 4.51. The molecule has 0 bridgehead atoms. The average Bonchev–Trinajstić information content (AvgIpc) is 3.49. The van der Waals surface area contributed by atoms with Gasteiger partial charge in [0.25, 0.3) is 5.82 Å². The van der Waals surface area contributed by atoms with E-state index in [-0.39, 0.29) is 0 Å². The molecule has 0 atom stereocenters. The van der Waals surface area contributed by atoms with Gasteiger partial charge in [-0.25, -0.2) is 4.98 Å². The van der Waals surface area contributed by atoms with E-state index in [1.807, 2.05) is 72.8 Å². The van der Waals surface area contributed by atoms with Crippen LogP contribution in [0.15, 0.2) is 91.3 Å². The van der Waals surface area contributed by atoms with Gasteiger partial charge in [-0.15, -0.1) is 4.98 Å². The van der Waals surface area contributed by atoms with Gasteiger partial charge < -0.3 is 14.0 Å². The van der Waals surface area contributed by atoms with Crippen LogP contribution in [-0.2, 0) is 0 Å². The second-order valence-electron chi connectivity index (χ2n) is 8.92. The zero-order valence-corrected chi connectivity index (χ0v) is 19.8. The molecule has 4 aromatic heterocycles. The summed E-state index contributed by atoms with van der Waals surface area (Å²) >= 11 is 0. The topological polar surface area (TPSA) is 87.6 Å². The van der Waals surface area contributed by atoms with Gasteiger partial charge in [0.05, 0.1) is 39.9 Å². The molecule has 0 radical (unpaired) electrons. The molecular formula is C31H15N7. The van der Waals surface area contributed by atoms with Gasteiger partial charge in [0.15, 0.2) is 0 Å². The lowest BCUT2D eigenvalue weighted by molar-refractivity contribution is 1.12. The lowest BCUT2D eigenvalue weighted by Gasteiger charge is -2.13. The van der Waals surface area contributed by atoms with E-state index in [4.69, 9.17) is 6.57 Å². The van der Waals surface area contributed by atoms with E-state index in [2.05, 4.69) is 36.1 Å². The van der Waals surface area contributed by atoms with Crippen molar-refractivity contribution in [2.45, 2.75) is 0 Å². The molecule has 0 aliphatic heterocycles. The smallest absolute Gasteiger partial charge is 0.270 e. The number of hydrogen-bond donors (Lipinski definition) is 0. The minimum atomic E-state index is 0.335. The van der Waals surface area contributed by atoms with E-state index in [0.29, 0.717) is 17.1 Å². The van der Waals surface area contributed by atoms with Crippen LogP contribution >= 0.6 is 0 Å². The normalized spacial score (nSPS) is 11.1. The molecule has 0 unspecified atom stereocenters. The Morgan fingerprint density at radius 1 is 0.632 bits per heavy atom. The van der Waals surface area contributed by atoms with Crippen molar-refractivity contribution in [2.75, 3.05) is 0 Å². The largest absolute Gasteiger partial charge is 0.361 e. The van der Waals surface area contributed by atoms with Gasteiger partial charge in [-0.05, 0) is 42.5 Å². The molecule has 3 aromatic carbocycles. The van der Waals surface area contributed by atoms with Crippen LogP contribution in [0, 0.1) is 29.2 Å². The Morgan fingerprint density at radius 2 is 1.21 bits per heavy atom. The van der Waals surface area contributed by atoms with Crippen molar-refractivity contribution >= 4 is 49.4 Å². The molecule has 0 spiro atoms. The minimum absolute atomic E-state index is 0.335. The van der Waals surface area contributed by atoms with Crippen LogP contribution in [-0.4, -0.2) is 19.1 Å². The summed E-state index contributed by atoms with van der Waals surface area (Å²) in [5, 5.41) is 23.3. The number of para-hydroxylation sites is 2. The molecule has 7 nitrogen and oxygen atoms in total. The highest BCUT2D eigenvalue weighted by Crippen LogP contribution is 2.36. The van der Waals surface area contributed by atoms with E-state index in [1.165, 1.54) is 0 Å². The number of fused-ring (bicyclic) bond motifs is 6. The third kappa shape index (κ3) is 2.99. The summed E-state index contributed by atoms with van der Waals surface area (Å²) in [5.41, 5.74) is 6.05. The fraction of sp³-hybridized carbons (Fsp3) is 0. The third-order valence-electron chi connectivity index (χ3n) is 6.88. The standard InChI is InChI=1S/C31H15N7/c1-34-31-14-26-24-7-3-5-9-28(24)38(30(26)18-36-31)22-11-19(15-32)10-21(13-22)37-27-8-4-2-6-23(27)25-12-20(16-33)35-17-29(25)37/h2-14,17-18H. The van der Waals surface area contributed by atoms with Crippen molar-refractivity contribution in [3.8, 4) is 23.5 Å². The van der Waals surface area contributed by atoms with E-state index < -0.39 is 0 Å². The molecule has 7 heteroatoms. The van der Waals surface area contributed by atoms with E-state index >= 15 is 0 Å². The number of aromatic nitrogens is 4. The van der Waals surface area contributed by atoms with Crippen LogP contribution in [0.3, 0.4) is 0 Å². The van der Waals surface area contributed by atoms with E-state index in [1.54, 1.807) is 18.5 Å². The van der Waals surface area contributed by atoms with Gasteiger partial charge in [0.2, 0.25) is 0 Å². The van der Waals surface area contributed by atoms with Crippen molar-refractivity contribution in [3.63, 3.8) is 0 Å². The Balaban J connectivity index is 1.58. The Bertz CT molecular complexity index is 2080. The molecule has 38 heavy (non-hydrogen) atoms. The molecule has 0 aliphatic rings. The molecule has 0 saturated heterocycles. The first-order valence-electron chi connectivity index (χ1n) is 11.8. The second kappa shape index (κ2) is 8.03. The van der Waals surface area contributed by atoms with Gasteiger partial charge >= 0.3 is 0 Å². The van der Waals surface area contributed by atoms with Crippen LogP contribution in [0.25, 0.3) is 59.8 Å².